The quantitative estimate of drug-likeness (QED) is 0.753. The fourth-order valence-corrected chi connectivity index (χ4v) is 2.17. The molecule has 0 unspecified atom stereocenters. The summed E-state index contributed by atoms with van der Waals surface area (Å²) in [6, 6.07) is 7.24. The topological polar surface area (TPSA) is 61.9 Å². The van der Waals surface area contributed by atoms with E-state index in [-0.39, 0.29) is 5.91 Å². The summed E-state index contributed by atoms with van der Waals surface area (Å²) >= 11 is 6.06. The van der Waals surface area contributed by atoms with Gasteiger partial charge in [0.15, 0.2) is 0 Å². The van der Waals surface area contributed by atoms with Crippen LogP contribution in [0.15, 0.2) is 49.1 Å². The monoisotopic (exact) mass is 286 g/mol. The molecule has 0 spiro atoms. The highest BCUT2D eigenvalue weighted by molar-refractivity contribution is 6.24. The molecule has 3 aromatic heterocycles. The molecule has 0 aliphatic carbocycles. The first-order chi connectivity index (χ1) is 9.74. The van der Waals surface area contributed by atoms with E-state index in [9.17, 15) is 4.79 Å². The Kier molecular flexibility index (Phi) is 3.35. The lowest BCUT2D eigenvalue weighted by molar-refractivity contribution is 0.0852. The lowest BCUT2D eigenvalue weighted by Gasteiger charge is -2.12. The van der Waals surface area contributed by atoms with Gasteiger partial charge in [-0.2, -0.15) is 0 Å². The maximum Gasteiger partial charge on any atom is 0.284 e. The molecule has 0 radical (unpaired) electrons. The second-order valence-corrected chi connectivity index (χ2v) is 4.73. The molecule has 0 aliphatic rings. The number of H-pyrrole nitrogens is 1. The SMILES string of the molecule is O=C(c1cc2ccncc2[nH]1)N(Cl)Cc1ccncc1. The average molecular weight is 287 g/mol. The van der Waals surface area contributed by atoms with Crippen molar-refractivity contribution in [2.24, 2.45) is 0 Å². The first kappa shape index (κ1) is 12.6. The Bertz CT molecular complexity index is 708. The van der Waals surface area contributed by atoms with E-state index in [1.165, 1.54) is 0 Å². The van der Waals surface area contributed by atoms with Crippen LogP contribution in [0.3, 0.4) is 0 Å². The van der Waals surface area contributed by atoms with Crippen molar-refractivity contribution < 1.29 is 4.79 Å². The van der Waals surface area contributed by atoms with Gasteiger partial charge in [-0.1, -0.05) is 0 Å². The van der Waals surface area contributed by atoms with Gasteiger partial charge < -0.3 is 4.98 Å². The summed E-state index contributed by atoms with van der Waals surface area (Å²) in [6.45, 7) is 0.316. The molecule has 6 heteroatoms. The molecule has 0 saturated heterocycles. The van der Waals surface area contributed by atoms with Crippen LogP contribution in [0.2, 0.25) is 0 Å². The molecule has 20 heavy (non-hydrogen) atoms. The average Bonchev–Trinajstić information content (AvgIpc) is 2.91. The van der Waals surface area contributed by atoms with E-state index in [2.05, 4.69) is 15.0 Å². The van der Waals surface area contributed by atoms with E-state index in [4.69, 9.17) is 11.8 Å². The van der Waals surface area contributed by atoms with Gasteiger partial charge in [-0.25, -0.2) is 4.42 Å². The number of rotatable bonds is 3. The predicted molar refractivity (Wildman–Crippen MR) is 76.1 cm³/mol. The first-order valence-electron chi connectivity index (χ1n) is 6.03. The number of pyridine rings is 2. The third-order valence-corrected chi connectivity index (χ3v) is 3.22. The molecule has 3 rings (SSSR count). The van der Waals surface area contributed by atoms with Gasteiger partial charge in [0.1, 0.15) is 5.69 Å². The molecule has 1 N–H and O–H groups in total. The van der Waals surface area contributed by atoms with Crippen LogP contribution in [0.1, 0.15) is 16.1 Å². The van der Waals surface area contributed by atoms with Crippen molar-refractivity contribution in [2.45, 2.75) is 6.54 Å². The first-order valence-corrected chi connectivity index (χ1v) is 6.37. The Hall–Kier alpha value is -2.40. The number of aromatic amines is 1. The number of nitrogens with one attached hydrogen (secondary N) is 1. The highest BCUT2D eigenvalue weighted by Gasteiger charge is 2.16. The predicted octanol–water partition coefficient (Wildman–Crippen LogP) is 2.75. The van der Waals surface area contributed by atoms with Gasteiger partial charge in [0.25, 0.3) is 5.91 Å². The number of hydrogen-bond donors (Lipinski definition) is 1. The van der Waals surface area contributed by atoms with Crippen molar-refractivity contribution >= 4 is 28.6 Å². The van der Waals surface area contributed by atoms with Crippen molar-refractivity contribution in [3.05, 3.63) is 60.3 Å². The maximum atomic E-state index is 12.2. The molecule has 100 valence electrons. The zero-order chi connectivity index (χ0) is 13.9. The van der Waals surface area contributed by atoms with Crippen LogP contribution in [-0.2, 0) is 6.54 Å². The van der Waals surface area contributed by atoms with E-state index in [1.807, 2.05) is 18.2 Å². The van der Waals surface area contributed by atoms with E-state index >= 15 is 0 Å². The van der Waals surface area contributed by atoms with E-state index < -0.39 is 0 Å². The Morgan fingerprint density at radius 1 is 1.20 bits per heavy atom. The largest absolute Gasteiger partial charge is 0.349 e. The van der Waals surface area contributed by atoms with Crippen molar-refractivity contribution in [3.8, 4) is 0 Å². The fraction of sp³-hybridized carbons (Fsp3) is 0.0714. The van der Waals surface area contributed by atoms with Gasteiger partial charge in [0, 0.05) is 35.8 Å². The van der Waals surface area contributed by atoms with Crippen molar-refractivity contribution in [3.63, 3.8) is 0 Å². The summed E-state index contributed by atoms with van der Waals surface area (Å²) in [7, 11) is 0. The van der Waals surface area contributed by atoms with Crippen molar-refractivity contribution in [1.82, 2.24) is 19.4 Å². The number of carbonyl (C=O) groups is 1. The number of amides is 1. The van der Waals surface area contributed by atoms with Gasteiger partial charge in [-0.15, -0.1) is 0 Å². The fourth-order valence-electron chi connectivity index (χ4n) is 1.94. The molecule has 5 nitrogen and oxygen atoms in total. The van der Waals surface area contributed by atoms with Gasteiger partial charge in [0.05, 0.1) is 18.3 Å². The zero-order valence-electron chi connectivity index (χ0n) is 10.5. The molecule has 0 aromatic carbocycles. The number of hydrogen-bond acceptors (Lipinski definition) is 3. The van der Waals surface area contributed by atoms with Crippen LogP contribution >= 0.6 is 11.8 Å². The molecule has 0 aliphatic heterocycles. The van der Waals surface area contributed by atoms with Crippen molar-refractivity contribution in [1.29, 1.82) is 0 Å². The van der Waals surface area contributed by atoms with Gasteiger partial charge >= 0.3 is 0 Å². The molecule has 0 saturated carbocycles. The summed E-state index contributed by atoms with van der Waals surface area (Å²) in [4.78, 5) is 23.2. The third kappa shape index (κ3) is 2.48. The molecule has 3 aromatic rings. The molecular weight excluding hydrogens is 276 g/mol. The van der Waals surface area contributed by atoms with Crippen LogP contribution in [0.25, 0.3) is 10.9 Å². The normalized spacial score (nSPS) is 10.7. The second-order valence-electron chi connectivity index (χ2n) is 4.33. The summed E-state index contributed by atoms with van der Waals surface area (Å²) in [5, 5.41) is 0.928. The Balaban J connectivity index is 1.81. The highest BCUT2D eigenvalue weighted by Crippen LogP contribution is 2.17. The molecular formula is C14H11ClN4O. The van der Waals surface area contributed by atoms with Crippen LogP contribution < -0.4 is 0 Å². The van der Waals surface area contributed by atoms with Gasteiger partial charge in [0.2, 0.25) is 0 Å². The standard InChI is InChI=1S/C14H11ClN4O/c15-19(9-10-1-4-16-5-2-10)14(20)12-7-11-3-6-17-8-13(11)18-12/h1-8,18H,9H2. The number of aromatic nitrogens is 3. The summed E-state index contributed by atoms with van der Waals surface area (Å²) in [5.74, 6) is -0.278. The lowest BCUT2D eigenvalue weighted by atomic mass is 10.2. The summed E-state index contributed by atoms with van der Waals surface area (Å²) in [5.41, 5.74) is 2.17. The molecule has 1 amide bonds. The lowest BCUT2D eigenvalue weighted by Crippen LogP contribution is -2.21. The third-order valence-electron chi connectivity index (χ3n) is 2.95. The molecule has 0 fully saturated rings. The Morgan fingerprint density at radius 2 is 1.95 bits per heavy atom. The summed E-state index contributed by atoms with van der Waals surface area (Å²) in [6.07, 6.45) is 6.69. The van der Waals surface area contributed by atoms with Crippen molar-refractivity contribution in [2.75, 3.05) is 0 Å². The van der Waals surface area contributed by atoms with Crippen LogP contribution in [0, 0.1) is 0 Å². The van der Waals surface area contributed by atoms with E-state index in [0.29, 0.717) is 12.2 Å². The van der Waals surface area contributed by atoms with Crippen LogP contribution in [-0.4, -0.2) is 25.3 Å². The zero-order valence-corrected chi connectivity index (χ0v) is 11.2. The highest BCUT2D eigenvalue weighted by atomic mass is 35.5. The number of carbonyl (C=O) groups excluding carboxylic acids is 1. The summed E-state index contributed by atoms with van der Waals surface area (Å²) < 4.78 is 1.15. The number of halogens is 1. The van der Waals surface area contributed by atoms with Crippen LogP contribution in [0.4, 0.5) is 0 Å². The number of nitrogens with zero attached hydrogens (tertiary/aromatic N) is 3. The Labute approximate surface area is 120 Å². The molecule has 0 atom stereocenters. The molecule has 0 bridgehead atoms. The Morgan fingerprint density at radius 3 is 2.70 bits per heavy atom. The van der Waals surface area contributed by atoms with Gasteiger partial charge in [-0.05, 0) is 29.8 Å². The minimum absolute atomic E-state index is 0.278. The van der Waals surface area contributed by atoms with Gasteiger partial charge in [-0.3, -0.25) is 14.8 Å². The minimum atomic E-state index is -0.278. The number of fused-ring (bicyclic) bond motifs is 1. The molecule has 3 heterocycles. The second kappa shape index (κ2) is 5.30. The van der Waals surface area contributed by atoms with Crippen LogP contribution in [0.5, 0.6) is 0 Å². The smallest absolute Gasteiger partial charge is 0.284 e. The van der Waals surface area contributed by atoms with E-state index in [0.717, 1.165) is 20.9 Å². The maximum absolute atomic E-state index is 12.2. The minimum Gasteiger partial charge on any atom is -0.349 e. The van der Waals surface area contributed by atoms with E-state index in [1.54, 1.807) is 30.9 Å².